The van der Waals surface area contributed by atoms with E-state index in [0.717, 1.165) is 42.4 Å². The molecule has 4 fully saturated rings. The fourth-order valence-corrected chi connectivity index (χ4v) is 9.63. The van der Waals surface area contributed by atoms with E-state index in [2.05, 4.69) is 34.1 Å². The number of nitrogens with one attached hydrogen (secondary N) is 3. The number of carbonyl (C=O) groups is 5. The molecule has 3 N–H and O–H groups in total. The molecule has 4 bridgehead atoms. The van der Waals surface area contributed by atoms with Crippen LogP contribution in [0.1, 0.15) is 88.8 Å². The number of hydrogen-bond acceptors (Lipinski definition) is 8. The van der Waals surface area contributed by atoms with Crippen molar-refractivity contribution in [3.05, 3.63) is 53.6 Å². The van der Waals surface area contributed by atoms with E-state index in [1.165, 1.54) is 11.0 Å². The second-order valence-electron chi connectivity index (χ2n) is 16.5. The molecular formula is C38H50N6O8S. The molecule has 14 nitrogen and oxygen atoms in total. The Morgan fingerprint density at radius 2 is 1.85 bits per heavy atom. The van der Waals surface area contributed by atoms with Crippen LogP contribution < -0.4 is 15.4 Å². The van der Waals surface area contributed by atoms with Gasteiger partial charge in [0.2, 0.25) is 21.8 Å². The molecule has 6 amide bonds. The maximum atomic E-state index is 14.6. The van der Waals surface area contributed by atoms with Crippen molar-refractivity contribution >= 4 is 45.9 Å². The summed E-state index contributed by atoms with van der Waals surface area (Å²) in [6.45, 7) is 10.4. The van der Waals surface area contributed by atoms with Crippen LogP contribution in [0.5, 0.6) is 0 Å². The molecule has 2 saturated carbocycles. The quantitative estimate of drug-likeness (QED) is 0.372. The molecule has 4 heterocycles. The Morgan fingerprint density at radius 1 is 1.08 bits per heavy atom. The van der Waals surface area contributed by atoms with E-state index in [4.69, 9.17) is 4.74 Å². The molecule has 0 unspecified atom stereocenters. The van der Waals surface area contributed by atoms with E-state index < -0.39 is 74.1 Å². The van der Waals surface area contributed by atoms with E-state index in [-0.39, 0.29) is 31.5 Å². The predicted molar refractivity (Wildman–Crippen MR) is 195 cm³/mol. The molecule has 4 aliphatic heterocycles. The van der Waals surface area contributed by atoms with Crippen molar-refractivity contribution in [3.63, 3.8) is 0 Å². The summed E-state index contributed by atoms with van der Waals surface area (Å²) in [5, 5.41) is 5.13. The number of hydrogen-bond donors (Lipinski definition) is 3. The second kappa shape index (κ2) is 13.8. The SMILES string of the molecule is C=C[C@H]1C[C@]1(NC(=O)[C@@H]1C[C@@H]2CN1C(=O)[C@H](C(C)(C)C)NC(=O)N1CCC[C@@H]1CC/C=C/c1cccc3c1CN(C3)C(=O)O2)C(=O)NS(=O)(=O)C1CC1. The second-order valence-corrected chi connectivity index (χ2v) is 18.4. The number of urea groups is 1. The lowest BCUT2D eigenvalue weighted by atomic mass is 9.85. The highest BCUT2D eigenvalue weighted by Crippen LogP contribution is 2.45. The van der Waals surface area contributed by atoms with Gasteiger partial charge in [-0.1, -0.05) is 57.2 Å². The summed E-state index contributed by atoms with van der Waals surface area (Å²) in [4.78, 5) is 74.7. The van der Waals surface area contributed by atoms with E-state index in [0.29, 0.717) is 32.5 Å². The lowest BCUT2D eigenvalue weighted by molar-refractivity contribution is -0.142. The predicted octanol–water partition coefficient (Wildman–Crippen LogP) is 3.17. The van der Waals surface area contributed by atoms with Crippen LogP contribution in [0.4, 0.5) is 9.59 Å². The summed E-state index contributed by atoms with van der Waals surface area (Å²) < 4.78 is 33.6. The van der Waals surface area contributed by atoms with Crippen LogP contribution in [0.2, 0.25) is 0 Å². The smallest absolute Gasteiger partial charge is 0.410 e. The average molecular weight is 751 g/mol. The van der Waals surface area contributed by atoms with Crippen LogP contribution in [0.25, 0.3) is 6.08 Å². The van der Waals surface area contributed by atoms with Gasteiger partial charge in [-0.15, -0.1) is 6.58 Å². The van der Waals surface area contributed by atoms with Crippen LogP contribution >= 0.6 is 0 Å². The lowest BCUT2D eigenvalue weighted by Gasteiger charge is -2.37. The first-order chi connectivity index (χ1) is 25.1. The summed E-state index contributed by atoms with van der Waals surface area (Å²) in [5.41, 5.74) is 0.715. The van der Waals surface area contributed by atoms with Crippen LogP contribution in [-0.2, 0) is 42.2 Å². The molecule has 286 valence electrons. The number of allylic oxidation sites excluding steroid dienone is 1. The van der Waals surface area contributed by atoms with Crippen LogP contribution in [0.15, 0.2) is 36.9 Å². The zero-order chi connectivity index (χ0) is 37.9. The first-order valence-electron chi connectivity index (χ1n) is 18.7. The Labute approximate surface area is 310 Å². The fourth-order valence-electron chi connectivity index (χ4n) is 8.27. The lowest BCUT2D eigenvalue weighted by Crippen LogP contribution is -2.61. The molecule has 6 aliphatic rings. The largest absolute Gasteiger partial charge is 0.444 e. The molecular weight excluding hydrogens is 701 g/mol. The van der Waals surface area contributed by atoms with Crippen LogP contribution in [-0.4, -0.2) is 101 Å². The summed E-state index contributed by atoms with van der Waals surface area (Å²) in [6, 6.07) is 3.38. The van der Waals surface area contributed by atoms with E-state index in [1.54, 1.807) is 9.80 Å². The number of sulfonamides is 1. The maximum Gasteiger partial charge on any atom is 0.410 e. The molecule has 0 radical (unpaired) electrons. The normalized spacial score (nSPS) is 31.0. The summed E-state index contributed by atoms with van der Waals surface area (Å²) in [7, 11) is -3.90. The van der Waals surface area contributed by atoms with Gasteiger partial charge in [0.15, 0.2) is 0 Å². The van der Waals surface area contributed by atoms with Gasteiger partial charge in [0.1, 0.15) is 23.7 Å². The van der Waals surface area contributed by atoms with Crippen molar-refractivity contribution in [2.24, 2.45) is 11.3 Å². The average Bonchev–Trinajstić information content (AvgIpc) is 3.91. The van der Waals surface area contributed by atoms with Crippen molar-refractivity contribution in [2.75, 3.05) is 13.1 Å². The van der Waals surface area contributed by atoms with Crippen molar-refractivity contribution in [2.45, 2.75) is 120 Å². The van der Waals surface area contributed by atoms with Crippen molar-refractivity contribution in [1.82, 2.24) is 30.1 Å². The zero-order valence-electron chi connectivity index (χ0n) is 30.6. The fraction of sp³-hybridized carbons (Fsp3) is 0.605. The third-order valence-corrected chi connectivity index (χ3v) is 13.4. The number of carbonyl (C=O) groups excluding carboxylic acids is 5. The number of fused-ring (bicyclic) bond motifs is 4. The molecule has 2 saturated heterocycles. The van der Waals surface area contributed by atoms with Crippen LogP contribution in [0, 0.1) is 11.3 Å². The van der Waals surface area contributed by atoms with Gasteiger partial charge >= 0.3 is 12.1 Å². The highest BCUT2D eigenvalue weighted by atomic mass is 32.2. The van der Waals surface area contributed by atoms with E-state index in [1.807, 2.05) is 39.0 Å². The number of rotatable bonds is 6. The van der Waals surface area contributed by atoms with Gasteiger partial charge in [-0.25, -0.2) is 18.0 Å². The third-order valence-electron chi connectivity index (χ3n) is 11.6. The minimum Gasteiger partial charge on any atom is -0.444 e. The molecule has 1 aromatic carbocycles. The monoisotopic (exact) mass is 750 g/mol. The van der Waals surface area contributed by atoms with Crippen molar-refractivity contribution in [1.29, 1.82) is 0 Å². The third kappa shape index (κ3) is 7.28. The van der Waals surface area contributed by atoms with Gasteiger partial charge in [-0.2, -0.15) is 0 Å². The Kier molecular flexibility index (Phi) is 9.61. The Bertz CT molecular complexity index is 1850. The molecule has 15 heteroatoms. The topological polar surface area (TPSA) is 175 Å². The van der Waals surface area contributed by atoms with Gasteiger partial charge in [0.25, 0.3) is 5.91 Å². The van der Waals surface area contributed by atoms with Gasteiger partial charge in [-0.3, -0.25) is 24.0 Å². The number of amides is 6. The first kappa shape index (κ1) is 36.9. The highest BCUT2D eigenvalue weighted by Gasteiger charge is 2.62. The summed E-state index contributed by atoms with van der Waals surface area (Å²) in [5.74, 6) is -2.59. The highest BCUT2D eigenvalue weighted by molar-refractivity contribution is 7.91. The zero-order valence-corrected chi connectivity index (χ0v) is 31.5. The molecule has 53 heavy (non-hydrogen) atoms. The van der Waals surface area contributed by atoms with Gasteiger partial charge in [0, 0.05) is 31.5 Å². The molecule has 2 aliphatic carbocycles. The van der Waals surface area contributed by atoms with Gasteiger partial charge in [-0.05, 0) is 67.1 Å². The standard InChI is InChI=1S/C38H50N6O8S/c1-5-25-19-38(25,34(47)41-53(50,51)28-15-16-28)40-32(45)30-18-27-21-44(30)33(46)31(37(2,3)4)39-35(48)43-17-9-14-26(43)13-7-6-10-23-11-8-12-24-20-42(22-29(23)24)36(49)52-27/h5-6,8,10-12,25-28,30-31H,1,7,9,13-22H2,2-4H3,(H,39,48)(H,40,45)(H,41,47)/b10-6+/t25-,26-,27+,30-,31+,38+/m0/s1. The molecule has 1 aromatic rings. The Morgan fingerprint density at radius 3 is 2.55 bits per heavy atom. The van der Waals surface area contributed by atoms with E-state index in [9.17, 15) is 32.4 Å². The molecule has 0 spiro atoms. The Hall–Kier alpha value is -4.40. The van der Waals surface area contributed by atoms with Crippen molar-refractivity contribution < 1.29 is 37.1 Å². The number of nitrogens with zero attached hydrogens (tertiary/aromatic N) is 3. The van der Waals surface area contributed by atoms with Crippen LogP contribution in [0.3, 0.4) is 0 Å². The minimum atomic E-state index is -3.90. The molecule has 0 aromatic heterocycles. The summed E-state index contributed by atoms with van der Waals surface area (Å²) in [6.07, 6.45) is 8.41. The molecule has 6 atom stereocenters. The van der Waals surface area contributed by atoms with Gasteiger partial charge < -0.3 is 25.2 Å². The van der Waals surface area contributed by atoms with Gasteiger partial charge in [0.05, 0.1) is 18.3 Å². The number of benzene rings is 1. The first-order valence-corrected chi connectivity index (χ1v) is 20.3. The Balaban J connectivity index is 1.19. The van der Waals surface area contributed by atoms with Crippen molar-refractivity contribution in [3.8, 4) is 0 Å². The summed E-state index contributed by atoms with van der Waals surface area (Å²) >= 11 is 0. The number of ether oxygens (including phenoxy) is 1. The maximum absolute atomic E-state index is 14.6. The molecule has 7 rings (SSSR count). The van der Waals surface area contributed by atoms with E-state index >= 15 is 0 Å². The minimum absolute atomic E-state index is 0.00226.